The summed E-state index contributed by atoms with van der Waals surface area (Å²) in [6.07, 6.45) is 8.92. The third-order valence-corrected chi connectivity index (χ3v) is 5.11. The molecule has 1 heterocycles. The van der Waals surface area contributed by atoms with Gasteiger partial charge in [0.1, 0.15) is 0 Å². The minimum Gasteiger partial charge on any atom is -0.299 e. The topological polar surface area (TPSA) is 34.9 Å². The molecular formula is C19H22N2O. The van der Waals surface area contributed by atoms with E-state index in [0.29, 0.717) is 11.8 Å². The van der Waals surface area contributed by atoms with Gasteiger partial charge in [0.2, 0.25) is 0 Å². The standard InChI is InChI=1S/C19H22N2O/c22-19-20-18(17-9-10-17)11-12-21(19)13-14-5-7-15-3-1-2-4-16(15)8-6-14/h1-4,11-12,14,17H,5-10,13H2. The molecule has 1 aromatic heterocycles. The highest BCUT2D eigenvalue weighted by atomic mass is 16.1. The Bertz CT molecular complexity index is 703. The summed E-state index contributed by atoms with van der Waals surface area (Å²) < 4.78 is 1.81. The molecule has 0 amide bonds. The quantitative estimate of drug-likeness (QED) is 0.814. The molecule has 2 aliphatic carbocycles. The largest absolute Gasteiger partial charge is 0.347 e. The zero-order valence-corrected chi connectivity index (χ0v) is 12.9. The summed E-state index contributed by atoms with van der Waals surface area (Å²) in [5.74, 6) is 1.12. The molecular weight excluding hydrogens is 272 g/mol. The van der Waals surface area contributed by atoms with E-state index < -0.39 is 0 Å². The van der Waals surface area contributed by atoms with Gasteiger partial charge < -0.3 is 0 Å². The fourth-order valence-electron chi connectivity index (χ4n) is 3.56. The Morgan fingerprint density at radius 3 is 2.27 bits per heavy atom. The van der Waals surface area contributed by atoms with Gasteiger partial charge in [-0.15, -0.1) is 0 Å². The first kappa shape index (κ1) is 13.7. The third kappa shape index (κ3) is 2.85. The highest BCUT2D eigenvalue weighted by Crippen LogP contribution is 2.38. The van der Waals surface area contributed by atoms with Crippen molar-refractivity contribution in [3.8, 4) is 0 Å². The van der Waals surface area contributed by atoms with E-state index in [1.165, 1.54) is 24.0 Å². The number of rotatable bonds is 3. The lowest BCUT2D eigenvalue weighted by Crippen LogP contribution is -2.26. The lowest BCUT2D eigenvalue weighted by Gasteiger charge is -2.15. The van der Waals surface area contributed by atoms with Crippen molar-refractivity contribution >= 4 is 0 Å². The molecule has 0 unspecified atom stereocenters. The molecule has 1 aromatic carbocycles. The van der Waals surface area contributed by atoms with Crippen LogP contribution in [0, 0.1) is 5.92 Å². The molecule has 1 fully saturated rings. The first-order chi connectivity index (χ1) is 10.8. The second kappa shape index (κ2) is 5.71. The average molecular weight is 294 g/mol. The van der Waals surface area contributed by atoms with Crippen molar-refractivity contribution in [2.45, 2.75) is 51.0 Å². The van der Waals surface area contributed by atoms with Crippen LogP contribution in [0.1, 0.15) is 48.4 Å². The summed E-state index contributed by atoms with van der Waals surface area (Å²) in [6, 6.07) is 10.8. The molecule has 3 heteroatoms. The lowest BCUT2D eigenvalue weighted by molar-refractivity contribution is 0.389. The van der Waals surface area contributed by atoms with E-state index in [9.17, 15) is 4.79 Å². The van der Waals surface area contributed by atoms with E-state index in [-0.39, 0.29) is 5.69 Å². The fourth-order valence-corrected chi connectivity index (χ4v) is 3.56. The van der Waals surface area contributed by atoms with E-state index in [1.807, 2.05) is 16.8 Å². The fraction of sp³-hybridized carbons (Fsp3) is 0.474. The average Bonchev–Trinajstić information content (AvgIpc) is 3.37. The van der Waals surface area contributed by atoms with E-state index >= 15 is 0 Å². The first-order valence-corrected chi connectivity index (χ1v) is 8.44. The summed E-state index contributed by atoms with van der Waals surface area (Å²) in [6.45, 7) is 0.810. The molecule has 0 aliphatic heterocycles. The smallest absolute Gasteiger partial charge is 0.299 e. The summed E-state index contributed by atoms with van der Waals surface area (Å²) in [5, 5.41) is 0. The molecule has 2 aliphatic rings. The van der Waals surface area contributed by atoms with Crippen LogP contribution >= 0.6 is 0 Å². The molecule has 0 radical (unpaired) electrons. The van der Waals surface area contributed by atoms with Crippen molar-refractivity contribution in [2.75, 3.05) is 0 Å². The number of aromatic nitrogens is 2. The maximum absolute atomic E-state index is 12.2. The Balaban J connectivity index is 1.47. The number of benzene rings is 1. The molecule has 2 aromatic rings. The van der Waals surface area contributed by atoms with Crippen LogP contribution in [-0.2, 0) is 19.4 Å². The van der Waals surface area contributed by atoms with Crippen LogP contribution in [0.2, 0.25) is 0 Å². The SMILES string of the molecule is O=c1nc(C2CC2)ccn1CC1CCc2ccccc2CC1. The third-order valence-electron chi connectivity index (χ3n) is 5.11. The van der Waals surface area contributed by atoms with Crippen molar-refractivity contribution < 1.29 is 0 Å². The van der Waals surface area contributed by atoms with E-state index in [2.05, 4.69) is 29.2 Å². The minimum atomic E-state index is -0.0637. The lowest BCUT2D eigenvalue weighted by atomic mass is 9.99. The molecule has 0 spiro atoms. The van der Waals surface area contributed by atoms with Crippen molar-refractivity contribution in [1.82, 2.24) is 9.55 Å². The Hall–Kier alpha value is -1.90. The maximum atomic E-state index is 12.2. The number of hydrogen-bond acceptors (Lipinski definition) is 2. The van der Waals surface area contributed by atoms with Crippen LogP contribution in [0.4, 0.5) is 0 Å². The molecule has 114 valence electrons. The van der Waals surface area contributed by atoms with Crippen molar-refractivity contribution in [3.05, 3.63) is 63.8 Å². The van der Waals surface area contributed by atoms with Crippen LogP contribution < -0.4 is 5.69 Å². The van der Waals surface area contributed by atoms with Crippen LogP contribution in [0.15, 0.2) is 41.3 Å². The van der Waals surface area contributed by atoms with Crippen LogP contribution in [-0.4, -0.2) is 9.55 Å². The Morgan fingerprint density at radius 1 is 1.00 bits per heavy atom. The van der Waals surface area contributed by atoms with Crippen LogP contribution in [0.3, 0.4) is 0 Å². The van der Waals surface area contributed by atoms with Crippen LogP contribution in [0.25, 0.3) is 0 Å². The van der Waals surface area contributed by atoms with Crippen molar-refractivity contribution in [3.63, 3.8) is 0 Å². The van der Waals surface area contributed by atoms with Crippen LogP contribution in [0.5, 0.6) is 0 Å². The second-order valence-electron chi connectivity index (χ2n) is 6.77. The molecule has 1 saturated carbocycles. The van der Waals surface area contributed by atoms with Gasteiger partial charge in [0.05, 0.1) is 5.69 Å². The van der Waals surface area contributed by atoms with Gasteiger partial charge in [-0.25, -0.2) is 4.79 Å². The zero-order valence-electron chi connectivity index (χ0n) is 12.9. The monoisotopic (exact) mass is 294 g/mol. The highest BCUT2D eigenvalue weighted by molar-refractivity contribution is 5.28. The highest BCUT2D eigenvalue weighted by Gasteiger charge is 2.25. The van der Waals surface area contributed by atoms with Crippen molar-refractivity contribution in [2.24, 2.45) is 5.92 Å². The van der Waals surface area contributed by atoms with Gasteiger partial charge in [-0.05, 0) is 61.6 Å². The normalized spacial score (nSPS) is 18.7. The van der Waals surface area contributed by atoms with Gasteiger partial charge >= 0.3 is 5.69 Å². The van der Waals surface area contributed by atoms with Gasteiger partial charge in [-0.2, -0.15) is 4.98 Å². The number of aryl methyl sites for hydroxylation is 2. The minimum absolute atomic E-state index is 0.0637. The molecule has 0 bridgehead atoms. The number of hydrogen-bond donors (Lipinski definition) is 0. The van der Waals surface area contributed by atoms with E-state index in [1.54, 1.807) is 0 Å². The van der Waals surface area contributed by atoms with Gasteiger partial charge in [0.25, 0.3) is 0 Å². The molecule has 3 nitrogen and oxygen atoms in total. The van der Waals surface area contributed by atoms with Gasteiger partial charge in [0, 0.05) is 18.7 Å². The summed E-state index contributed by atoms with van der Waals surface area (Å²) in [7, 11) is 0. The number of nitrogens with zero attached hydrogens (tertiary/aromatic N) is 2. The van der Waals surface area contributed by atoms with Gasteiger partial charge in [-0.3, -0.25) is 4.57 Å². The summed E-state index contributed by atoms with van der Waals surface area (Å²) >= 11 is 0. The Kier molecular flexibility index (Phi) is 3.57. The number of fused-ring (bicyclic) bond motifs is 1. The molecule has 0 N–H and O–H groups in total. The van der Waals surface area contributed by atoms with Gasteiger partial charge in [-0.1, -0.05) is 24.3 Å². The molecule has 4 rings (SSSR count). The van der Waals surface area contributed by atoms with Gasteiger partial charge in [0.15, 0.2) is 0 Å². The molecule has 0 saturated heterocycles. The van der Waals surface area contributed by atoms with E-state index in [4.69, 9.17) is 0 Å². The van der Waals surface area contributed by atoms with E-state index in [0.717, 1.165) is 37.9 Å². The molecule has 22 heavy (non-hydrogen) atoms. The van der Waals surface area contributed by atoms with Crippen molar-refractivity contribution in [1.29, 1.82) is 0 Å². The predicted octanol–water partition coefficient (Wildman–Crippen LogP) is 3.32. The summed E-state index contributed by atoms with van der Waals surface area (Å²) in [5.41, 5.74) is 3.90. The molecule has 0 atom stereocenters. The maximum Gasteiger partial charge on any atom is 0.347 e. The second-order valence-corrected chi connectivity index (χ2v) is 6.77. The Morgan fingerprint density at radius 2 is 1.68 bits per heavy atom. The Labute approximate surface area is 131 Å². The predicted molar refractivity (Wildman–Crippen MR) is 87.0 cm³/mol. The summed E-state index contributed by atoms with van der Waals surface area (Å²) in [4.78, 5) is 16.5. The first-order valence-electron chi connectivity index (χ1n) is 8.44. The zero-order chi connectivity index (χ0) is 14.9.